The van der Waals surface area contributed by atoms with Crippen LogP contribution in [0.5, 0.6) is 5.75 Å². The molecule has 0 saturated heterocycles. The number of carbonyl (C=O) groups is 2. The lowest BCUT2D eigenvalue weighted by molar-refractivity contribution is -0.143. The molecular formula is C33H44FNO5. The fraction of sp³-hybridized carbons (Fsp3) is 0.515. The number of unbranched alkanes of at least 4 members (excludes halogenated alkanes) is 1. The number of hydrogen-bond donors (Lipinski definition) is 1. The number of halogens is 1. The van der Waals surface area contributed by atoms with Gasteiger partial charge >= 0.3 is 12.1 Å². The van der Waals surface area contributed by atoms with E-state index in [4.69, 9.17) is 14.2 Å². The fourth-order valence-electron chi connectivity index (χ4n) is 4.76. The Morgan fingerprint density at radius 1 is 1.15 bits per heavy atom. The minimum absolute atomic E-state index is 0.0901. The zero-order valence-electron chi connectivity index (χ0n) is 25.0. The monoisotopic (exact) mass is 553 g/mol. The first-order valence-electron chi connectivity index (χ1n) is 14.2. The van der Waals surface area contributed by atoms with Crippen LogP contribution in [0, 0.1) is 26.6 Å². The Morgan fingerprint density at radius 3 is 2.45 bits per heavy atom. The van der Waals surface area contributed by atoms with Gasteiger partial charge in [0, 0.05) is 11.1 Å². The summed E-state index contributed by atoms with van der Waals surface area (Å²) in [5, 5.41) is 2.74. The smallest absolute Gasteiger partial charge is 0.408 e. The minimum atomic E-state index is -0.977. The number of alkyl carbamates (subject to hydrolysis) is 1. The van der Waals surface area contributed by atoms with Gasteiger partial charge in [0.05, 0.1) is 25.7 Å². The maximum Gasteiger partial charge on any atom is 0.408 e. The molecule has 1 N–H and O–H groups in total. The third-order valence-electron chi connectivity index (χ3n) is 7.11. The van der Waals surface area contributed by atoms with Crippen LogP contribution in [0.1, 0.15) is 99.6 Å². The highest BCUT2D eigenvalue weighted by molar-refractivity contribution is 5.78. The van der Waals surface area contributed by atoms with Crippen molar-refractivity contribution in [2.75, 3.05) is 13.2 Å². The van der Waals surface area contributed by atoms with E-state index in [1.807, 2.05) is 25.1 Å². The lowest BCUT2D eigenvalue weighted by Gasteiger charge is -2.25. The van der Waals surface area contributed by atoms with Crippen LogP contribution >= 0.6 is 0 Å². The molecule has 3 rings (SSSR count). The molecule has 1 amide bonds. The maximum absolute atomic E-state index is 16.2. The zero-order valence-corrected chi connectivity index (χ0v) is 25.0. The molecule has 2 aromatic carbocycles. The summed E-state index contributed by atoms with van der Waals surface area (Å²) in [6.07, 6.45) is 4.36. The van der Waals surface area contributed by atoms with Crippen LogP contribution in [-0.4, -0.2) is 30.9 Å². The van der Waals surface area contributed by atoms with Gasteiger partial charge in [0.15, 0.2) is 0 Å². The van der Waals surface area contributed by atoms with Gasteiger partial charge in [-0.3, -0.25) is 4.79 Å². The Labute approximate surface area is 238 Å². The second-order valence-corrected chi connectivity index (χ2v) is 11.5. The van der Waals surface area contributed by atoms with Crippen LogP contribution in [0.3, 0.4) is 0 Å². The average molecular weight is 554 g/mol. The van der Waals surface area contributed by atoms with Gasteiger partial charge in [-0.2, -0.15) is 0 Å². The van der Waals surface area contributed by atoms with E-state index in [9.17, 15) is 9.59 Å². The molecular weight excluding hydrogens is 509 g/mol. The topological polar surface area (TPSA) is 73.9 Å². The van der Waals surface area contributed by atoms with Crippen molar-refractivity contribution >= 4 is 12.1 Å². The molecule has 7 heteroatoms. The van der Waals surface area contributed by atoms with E-state index in [0.717, 1.165) is 59.3 Å². The number of amides is 1. The van der Waals surface area contributed by atoms with E-state index >= 15 is 4.39 Å². The van der Waals surface area contributed by atoms with Crippen molar-refractivity contribution in [3.8, 4) is 16.9 Å². The summed E-state index contributed by atoms with van der Waals surface area (Å²) in [5.41, 5.74) is 5.01. The standard InChI is InChI=1S/C33H44FNO5/c1-9-11-12-15-39-28-16-20(3)21(4)22(5)30(28)24-17-25(23-13-14-23)31(34)26(18-24)27(19-29(36)38-10-2)35-32(37)40-33(6,7)8/h9,16-18,23,27H,1,10-15,19H2,2-8H3,(H,35,37)/t27-/m0/s1. The number of nitrogens with one attached hydrogen (secondary N) is 1. The predicted octanol–water partition coefficient (Wildman–Crippen LogP) is 8.16. The Balaban J connectivity index is 2.16. The highest BCUT2D eigenvalue weighted by atomic mass is 19.1. The van der Waals surface area contributed by atoms with E-state index in [1.165, 1.54) is 0 Å². The van der Waals surface area contributed by atoms with Crippen LogP contribution in [0.15, 0.2) is 30.9 Å². The van der Waals surface area contributed by atoms with Crippen LogP contribution in [0.25, 0.3) is 11.1 Å². The normalized spacial score (nSPS) is 13.9. The molecule has 0 heterocycles. The SMILES string of the molecule is C=CCCCOc1cc(C)c(C)c(C)c1-c1cc(C2CC2)c(F)c([C@H](CC(=O)OCC)NC(=O)OC(C)(C)C)c1. The molecule has 1 aliphatic carbocycles. The minimum Gasteiger partial charge on any atom is -0.493 e. The van der Waals surface area contributed by atoms with Crippen molar-refractivity contribution in [1.29, 1.82) is 0 Å². The first-order valence-corrected chi connectivity index (χ1v) is 14.2. The van der Waals surface area contributed by atoms with Crippen molar-refractivity contribution in [3.63, 3.8) is 0 Å². The summed E-state index contributed by atoms with van der Waals surface area (Å²) in [4.78, 5) is 25.4. The number of hydrogen-bond acceptors (Lipinski definition) is 5. The van der Waals surface area contributed by atoms with Crippen LogP contribution in [0.2, 0.25) is 0 Å². The molecule has 0 unspecified atom stereocenters. The van der Waals surface area contributed by atoms with Gasteiger partial charge in [0.1, 0.15) is 17.2 Å². The number of allylic oxidation sites excluding steroid dienone is 1. The largest absolute Gasteiger partial charge is 0.493 e. The molecule has 0 aromatic heterocycles. The Hall–Kier alpha value is -3.35. The second-order valence-electron chi connectivity index (χ2n) is 11.5. The number of esters is 1. The van der Waals surface area contributed by atoms with Gasteiger partial charge < -0.3 is 19.5 Å². The number of carbonyl (C=O) groups excluding carboxylic acids is 2. The lowest BCUT2D eigenvalue weighted by atomic mass is 9.88. The summed E-state index contributed by atoms with van der Waals surface area (Å²) < 4.78 is 33.1. The van der Waals surface area contributed by atoms with Crippen molar-refractivity contribution in [2.45, 2.75) is 98.1 Å². The summed E-state index contributed by atoms with van der Waals surface area (Å²) >= 11 is 0. The van der Waals surface area contributed by atoms with E-state index in [2.05, 4.69) is 25.7 Å². The first-order chi connectivity index (χ1) is 18.9. The van der Waals surface area contributed by atoms with E-state index in [1.54, 1.807) is 33.8 Å². The quantitative estimate of drug-likeness (QED) is 0.163. The molecule has 2 aromatic rings. The third-order valence-corrected chi connectivity index (χ3v) is 7.11. The van der Waals surface area contributed by atoms with Crippen LogP contribution in [0.4, 0.5) is 9.18 Å². The van der Waals surface area contributed by atoms with Crippen molar-refractivity contribution in [1.82, 2.24) is 5.32 Å². The number of rotatable bonds is 12. The highest BCUT2D eigenvalue weighted by Gasteiger charge is 2.33. The highest BCUT2D eigenvalue weighted by Crippen LogP contribution is 2.46. The molecule has 0 bridgehead atoms. The number of benzene rings is 2. The van der Waals surface area contributed by atoms with Gasteiger partial charge in [-0.05, 0) is 126 Å². The summed E-state index contributed by atoms with van der Waals surface area (Å²) in [6, 6.07) is 4.69. The summed E-state index contributed by atoms with van der Waals surface area (Å²) in [5.74, 6) is -0.125. The summed E-state index contributed by atoms with van der Waals surface area (Å²) in [6.45, 7) is 17.6. The third kappa shape index (κ3) is 8.09. The van der Waals surface area contributed by atoms with Gasteiger partial charge in [-0.25, -0.2) is 9.18 Å². The van der Waals surface area contributed by atoms with Gasteiger partial charge in [0.25, 0.3) is 0 Å². The summed E-state index contributed by atoms with van der Waals surface area (Å²) in [7, 11) is 0. The number of aryl methyl sites for hydroxylation is 1. The number of ether oxygens (including phenoxy) is 3. The van der Waals surface area contributed by atoms with Gasteiger partial charge in [0.2, 0.25) is 0 Å². The van der Waals surface area contributed by atoms with Gasteiger partial charge in [-0.1, -0.05) is 6.08 Å². The Kier molecular flexibility index (Phi) is 10.4. The molecule has 1 fully saturated rings. The second kappa shape index (κ2) is 13.3. The first kappa shape index (κ1) is 31.2. The van der Waals surface area contributed by atoms with Crippen molar-refractivity contribution in [2.24, 2.45) is 0 Å². The molecule has 6 nitrogen and oxygen atoms in total. The Morgan fingerprint density at radius 2 is 1.85 bits per heavy atom. The van der Waals surface area contributed by atoms with E-state index in [0.29, 0.717) is 12.2 Å². The average Bonchev–Trinajstić information content (AvgIpc) is 3.70. The molecule has 1 saturated carbocycles. The molecule has 0 aliphatic heterocycles. The molecule has 40 heavy (non-hydrogen) atoms. The molecule has 218 valence electrons. The lowest BCUT2D eigenvalue weighted by Crippen LogP contribution is -2.36. The van der Waals surface area contributed by atoms with E-state index in [-0.39, 0.29) is 24.5 Å². The van der Waals surface area contributed by atoms with Gasteiger partial charge in [-0.15, -0.1) is 6.58 Å². The van der Waals surface area contributed by atoms with Crippen molar-refractivity contribution < 1.29 is 28.2 Å². The fourth-order valence-corrected chi connectivity index (χ4v) is 4.76. The van der Waals surface area contributed by atoms with Crippen LogP contribution < -0.4 is 10.1 Å². The molecule has 0 spiro atoms. The molecule has 1 atom stereocenters. The van der Waals surface area contributed by atoms with Crippen LogP contribution in [-0.2, 0) is 14.3 Å². The molecule has 0 radical (unpaired) electrons. The maximum atomic E-state index is 16.2. The molecule has 1 aliphatic rings. The zero-order chi connectivity index (χ0) is 29.6. The van der Waals surface area contributed by atoms with Crippen molar-refractivity contribution in [3.05, 3.63) is 64.5 Å². The predicted molar refractivity (Wildman–Crippen MR) is 156 cm³/mol. The Bertz CT molecular complexity index is 1240. The van der Waals surface area contributed by atoms with E-state index < -0.39 is 29.5 Å².